The van der Waals surface area contributed by atoms with Crippen molar-refractivity contribution in [2.24, 2.45) is 14.1 Å². The molecule has 33 heavy (non-hydrogen) atoms. The Morgan fingerprint density at radius 1 is 1.00 bits per heavy atom. The first kappa shape index (κ1) is 21.2. The molecule has 5 rings (SSSR count). The number of hydrogen-bond acceptors (Lipinski definition) is 6. The van der Waals surface area contributed by atoms with Crippen LogP contribution in [0.15, 0.2) is 67.4 Å². The number of benzene rings is 1. The van der Waals surface area contributed by atoms with Gasteiger partial charge in [-0.2, -0.15) is 10.2 Å². The zero-order valence-corrected chi connectivity index (χ0v) is 19.2. The molecular weight excluding hydrogens is 412 g/mol. The fourth-order valence-corrected chi connectivity index (χ4v) is 4.36. The van der Waals surface area contributed by atoms with Crippen LogP contribution < -0.4 is 16.0 Å². The highest BCUT2D eigenvalue weighted by atomic mass is 15.2. The van der Waals surface area contributed by atoms with Crippen molar-refractivity contribution in [2.45, 2.75) is 24.9 Å². The molecule has 170 valence electrons. The second-order valence-corrected chi connectivity index (χ2v) is 8.80. The van der Waals surface area contributed by atoms with Crippen LogP contribution in [-0.2, 0) is 14.1 Å². The second kappa shape index (κ2) is 9.07. The Morgan fingerprint density at radius 3 is 2.52 bits per heavy atom. The number of anilines is 2. The summed E-state index contributed by atoms with van der Waals surface area (Å²) in [6.45, 7) is 3.87. The average Bonchev–Trinajstić information content (AvgIpc) is 3.47. The fourth-order valence-electron chi connectivity index (χ4n) is 4.36. The number of fused-ring (bicyclic) bond motifs is 1. The molecule has 0 fully saturated rings. The van der Waals surface area contributed by atoms with E-state index in [9.17, 15) is 0 Å². The molecule has 0 radical (unpaired) electrons. The summed E-state index contributed by atoms with van der Waals surface area (Å²) in [7, 11) is 3.88. The van der Waals surface area contributed by atoms with Crippen LogP contribution in [0.25, 0.3) is 11.1 Å². The van der Waals surface area contributed by atoms with Crippen LogP contribution in [0.3, 0.4) is 0 Å². The summed E-state index contributed by atoms with van der Waals surface area (Å²) >= 11 is 0. The minimum Gasteiger partial charge on any atom is -0.380 e. The van der Waals surface area contributed by atoms with Gasteiger partial charge in [0, 0.05) is 56.9 Å². The summed E-state index contributed by atoms with van der Waals surface area (Å²) < 4.78 is 3.66. The van der Waals surface area contributed by atoms with Crippen molar-refractivity contribution >= 4 is 11.5 Å². The van der Waals surface area contributed by atoms with E-state index >= 15 is 0 Å². The SMILES string of the molecule is C[C@H](CN[C@H](c1ccccc1)[C@H]1CNc2cc(-c3cnn(C)c3)cnc2N1)c1cnn(C)c1. The Kier molecular flexibility index (Phi) is 5.83. The largest absolute Gasteiger partial charge is 0.380 e. The summed E-state index contributed by atoms with van der Waals surface area (Å²) in [6.07, 6.45) is 9.80. The molecule has 0 aliphatic carbocycles. The fraction of sp³-hybridized carbons (Fsp3) is 0.320. The highest BCUT2D eigenvalue weighted by Crippen LogP contribution is 2.32. The maximum Gasteiger partial charge on any atom is 0.149 e. The maximum atomic E-state index is 4.73. The molecule has 3 aromatic heterocycles. The van der Waals surface area contributed by atoms with E-state index in [0.29, 0.717) is 5.92 Å². The molecule has 8 heteroatoms. The third-order valence-electron chi connectivity index (χ3n) is 6.26. The summed E-state index contributed by atoms with van der Waals surface area (Å²) in [5.74, 6) is 1.23. The normalized spacial score (nSPS) is 17.0. The highest BCUT2D eigenvalue weighted by molar-refractivity contribution is 5.75. The van der Waals surface area contributed by atoms with Gasteiger partial charge in [0.1, 0.15) is 5.82 Å². The Morgan fingerprint density at radius 2 is 1.79 bits per heavy atom. The van der Waals surface area contributed by atoms with Gasteiger partial charge in [-0.05, 0) is 23.1 Å². The number of pyridine rings is 1. The Hall–Kier alpha value is -3.65. The van der Waals surface area contributed by atoms with Gasteiger partial charge in [-0.1, -0.05) is 37.3 Å². The van der Waals surface area contributed by atoms with Crippen LogP contribution >= 0.6 is 0 Å². The molecule has 1 aromatic carbocycles. The van der Waals surface area contributed by atoms with Crippen LogP contribution in [-0.4, -0.2) is 43.7 Å². The summed E-state index contributed by atoms with van der Waals surface area (Å²) in [5, 5.41) is 19.7. The van der Waals surface area contributed by atoms with Crippen molar-refractivity contribution in [1.29, 1.82) is 0 Å². The minimum absolute atomic E-state index is 0.130. The predicted molar refractivity (Wildman–Crippen MR) is 131 cm³/mol. The molecule has 0 unspecified atom stereocenters. The molecule has 0 saturated carbocycles. The summed E-state index contributed by atoms with van der Waals surface area (Å²) in [4.78, 5) is 4.73. The van der Waals surface area contributed by atoms with E-state index in [1.807, 2.05) is 43.6 Å². The van der Waals surface area contributed by atoms with E-state index in [4.69, 9.17) is 4.98 Å². The topological polar surface area (TPSA) is 84.6 Å². The Bertz CT molecular complexity index is 1210. The lowest BCUT2D eigenvalue weighted by Gasteiger charge is -2.35. The summed E-state index contributed by atoms with van der Waals surface area (Å²) in [5.41, 5.74) is 5.62. The third kappa shape index (κ3) is 4.61. The number of aromatic nitrogens is 5. The average molecular weight is 443 g/mol. The number of nitrogens with zero attached hydrogens (tertiary/aromatic N) is 5. The van der Waals surface area contributed by atoms with E-state index in [1.54, 1.807) is 4.68 Å². The lowest BCUT2D eigenvalue weighted by Crippen LogP contribution is -2.45. The van der Waals surface area contributed by atoms with Gasteiger partial charge in [0.25, 0.3) is 0 Å². The van der Waals surface area contributed by atoms with E-state index < -0.39 is 0 Å². The first-order valence-corrected chi connectivity index (χ1v) is 11.3. The monoisotopic (exact) mass is 442 g/mol. The van der Waals surface area contributed by atoms with E-state index in [-0.39, 0.29) is 12.1 Å². The zero-order chi connectivity index (χ0) is 22.8. The Balaban J connectivity index is 1.34. The standard InChI is InChI=1S/C25H30N8/c1-17(20-12-29-32(2)15-20)10-27-24(18-7-5-4-6-8-18)23-14-26-22-9-19(11-28-25(22)31-23)21-13-30-33(3)16-21/h4-9,11-13,15-17,23-24,26-27H,10,14H2,1-3H3,(H,28,31)/t17-,23-,24-/m1/s1. The van der Waals surface area contributed by atoms with Crippen LogP contribution in [0.4, 0.5) is 11.5 Å². The maximum absolute atomic E-state index is 4.73. The lowest BCUT2D eigenvalue weighted by molar-refractivity contribution is 0.453. The first-order valence-electron chi connectivity index (χ1n) is 11.3. The molecule has 4 heterocycles. The first-order chi connectivity index (χ1) is 16.1. The van der Waals surface area contributed by atoms with Gasteiger partial charge in [0.15, 0.2) is 0 Å². The van der Waals surface area contributed by atoms with Crippen LogP contribution in [0.5, 0.6) is 0 Å². The van der Waals surface area contributed by atoms with E-state index in [0.717, 1.165) is 35.7 Å². The van der Waals surface area contributed by atoms with Crippen LogP contribution in [0.2, 0.25) is 0 Å². The van der Waals surface area contributed by atoms with E-state index in [1.165, 1.54) is 11.1 Å². The molecule has 1 aliphatic rings. The van der Waals surface area contributed by atoms with Gasteiger partial charge in [-0.3, -0.25) is 9.36 Å². The smallest absolute Gasteiger partial charge is 0.149 e. The Labute approximate surface area is 194 Å². The van der Waals surface area contributed by atoms with Crippen molar-refractivity contribution < 1.29 is 0 Å². The molecule has 8 nitrogen and oxygen atoms in total. The van der Waals surface area contributed by atoms with Gasteiger partial charge >= 0.3 is 0 Å². The number of hydrogen-bond donors (Lipinski definition) is 3. The number of rotatable bonds is 7. The predicted octanol–water partition coefficient (Wildman–Crippen LogP) is 3.56. The molecule has 3 N–H and O–H groups in total. The van der Waals surface area contributed by atoms with Gasteiger partial charge < -0.3 is 16.0 Å². The second-order valence-electron chi connectivity index (χ2n) is 8.80. The zero-order valence-electron chi connectivity index (χ0n) is 19.2. The van der Waals surface area contributed by atoms with Gasteiger partial charge in [0.05, 0.1) is 30.2 Å². The lowest BCUT2D eigenvalue weighted by atomic mass is 9.96. The minimum atomic E-state index is 0.130. The molecule has 1 aliphatic heterocycles. The van der Waals surface area contributed by atoms with Crippen molar-refractivity contribution in [1.82, 2.24) is 29.9 Å². The van der Waals surface area contributed by atoms with Gasteiger partial charge in [-0.25, -0.2) is 4.98 Å². The van der Waals surface area contributed by atoms with Crippen molar-refractivity contribution in [3.8, 4) is 11.1 Å². The summed E-state index contributed by atoms with van der Waals surface area (Å²) in [6, 6.07) is 13.0. The number of aryl methyl sites for hydroxylation is 2. The third-order valence-corrected chi connectivity index (χ3v) is 6.26. The van der Waals surface area contributed by atoms with Gasteiger partial charge in [0.2, 0.25) is 0 Å². The molecule has 4 aromatic rings. The highest BCUT2D eigenvalue weighted by Gasteiger charge is 2.28. The quantitative estimate of drug-likeness (QED) is 0.406. The van der Waals surface area contributed by atoms with Crippen LogP contribution in [0.1, 0.15) is 30.0 Å². The molecule has 0 saturated heterocycles. The molecule has 0 bridgehead atoms. The van der Waals surface area contributed by atoms with E-state index in [2.05, 4.69) is 75.7 Å². The number of nitrogens with one attached hydrogen (secondary N) is 3. The molecule has 0 amide bonds. The van der Waals surface area contributed by atoms with Crippen molar-refractivity contribution in [2.75, 3.05) is 23.7 Å². The molecular formula is C25H30N8. The van der Waals surface area contributed by atoms with Crippen LogP contribution in [0, 0.1) is 0 Å². The van der Waals surface area contributed by atoms with Crippen molar-refractivity contribution in [3.63, 3.8) is 0 Å². The van der Waals surface area contributed by atoms with Gasteiger partial charge in [-0.15, -0.1) is 0 Å². The molecule has 3 atom stereocenters. The van der Waals surface area contributed by atoms with Crippen molar-refractivity contribution in [3.05, 3.63) is 78.5 Å². The molecule has 0 spiro atoms.